The molecule has 0 aliphatic carbocycles. The first-order chi connectivity index (χ1) is 11.6. The van der Waals surface area contributed by atoms with E-state index in [4.69, 9.17) is 4.74 Å². The number of hydrogen-bond donors (Lipinski definition) is 2. The first-order valence-corrected chi connectivity index (χ1v) is 7.53. The largest absolute Gasteiger partial charge is 0.462 e. The van der Waals surface area contributed by atoms with Crippen LogP contribution in [0.5, 0.6) is 0 Å². The second-order valence-corrected chi connectivity index (χ2v) is 5.25. The molecule has 0 amide bonds. The maximum atomic E-state index is 12.3. The van der Waals surface area contributed by atoms with Crippen LogP contribution >= 0.6 is 0 Å². The number of aromatic nitrogens is 4. The summed E-state index contributed by atoms with van der Waals surface area (Å²) < 4.78 is 5.95. The van der Waals surface area contributed by atoms with Crippen LogP contribution < -0.4 is 10.9 Å². The van der Waals surface area contributed by atoms with Gasteiger partial charge in [-0.1, -0.05) is 29.8 Å². The van der Waals surface area contributed by atoms with E-state index < -0.39 is 11.5 Å². The zero-order valence-electron chi connectivity index (χ0n) is 13.4. The predicted molar refractivity (Wildman–Crippen MR) is 88.1 cm³/mol. The Morgan fingerprint density at radius 1 is 1.42 bits per heavy atom. The predicted octanol–water partition coefficient (Wildman–Crippen LogP) is 1.51. The summed E-state index contributed by atoms with van der Waals surface area (Å²) in [5.74, 6) is -0.129. The van der Waals surface area contributed by atoms with Gasteiger partial charge in [-0.05, 0) is 19.4 Å². The van der Waals surface area contributed by atoms with Crippen molar-refractivity contribution in [2.24, 2.45) is 0 Å². The Kier molecular flexibility index (Phi) is 4.28. The van der Waals surface area contributed by atoms with Crippen LogP contribution in [0.1, 0.15) is 28.4 Å². The minimum atomic E-state index is -0.701. The first-order valence-electron chi connectivity index (χ1n) is 7.53. The molecular weight excluding hydrogens is 310 g/mol. The molecule has 3 rings (SSSR count). The molecule has 2 heterocycles. The summed E-state index contributed by atoms with van der Waals surface area (Å²) in [6.07, 6.45) is 1.18. The Morgan fingerprint density at radius 3 is 3.00 bits per heavy atom. The van der Waals surface area contributed by atoms with E-state index in [1.54, 1.807) is 6.92 Å². The van der Waals surface area contributed by atoms with E-state index in [1.807, 2.05) is 25.1 Å². The van der Waals surface area contributed by atoms with Gasteiger partial charge in [0.15, 0.2) is 0 Å². The van der Waals surface area contributed by atoms with E-state index >= 15 is 0 Å². The summed E-state index contributed by atoms with van der Waals surface area (Å²) in [7, 11) is 0. The van der Waals surface area contributed by atoms with Crippen LogP contribution in [0.25, 0.3) is 5.78 Å². The second-order valence-electron chi connectivity index (χ2n) is 5.25. The van der Waals surface area contributed by atoms with Crippen LogP contribution in [-0.2, 0) is 11.3 Å². The molecule has 124 valence electrons. The molecule has 0 aliphatic heterocycles. The number of fused-ring (bicyclic) bond motifs is 1. The van der Waals surface area contributed by atoms with Crippen LogP contribution in [0.2, 0.25) is 0 Å². The van der Waals surface area contributed by atoms with Crippen LogP contribution in [0.15, 0.2) is 35.3 Å². The molecule has 0 saturated heterocycles. The maximum Gasteiger partial charge on any atom is 0.345 e. The van der Waals surface area contributed by atoms with Crippen LogP contribution in [0, 0.1) is 6.92 Å². The maximum absolute atomic E-state index is 12.3. The molecule has 0 radical (unpaired) electrons. The van der Waals surface area contributed by atoms with Crippen molar-refractivity contribution < 1.29 is 9.53 Å². The highest BCUT2D eigenvalue weighted by Gasteiger charge is 2.16. The highest BCUT2D eigenvalue weighted by Crippen LogP contribution is 2.07. The van der Waals surface area contributed by atoms with E-state index in [0.29, 0.717) is 12.5 Å². The Morgan fingerprint density at radius 2 is 2.25 bits per heavy atom. The molecule has 2 aromatic heterocycles. The number of anilines is 1. The van der Waals surface area contributed by atoms with Crippen molar-refractivity contribution >= 4 is 17.7 Å². The molecule has 0 atom stereocenters. The fourth-order valence-electron chi connectivity index (χ4n) is 2.29. The van der Waals surface area contributed by atoms with Gasteiger partial charge < -0.3 is 10.1 Å². The second kappa shape index (κ2) is 6.53. The van der Waals surface area contributed by atoms with Crippen LogP contribution in [0.3, 0.4) is 0 Å². The summed E-state index contributed by atoms with van der Waals surface area (Å²) >= 11 is 0. The Hall–Kier alpha value is -3.16. The molecule has 0 spiro atoms. The number of aromatic amines is 1. The highest BCUT2D eigenvalue weighted by molar-refractivity contribution is 5.88. The standard InChI is InChI=1S/C16H17N5O3/c1-3-24-14(23)12-9-18-16-19-15(20-21(16)13(12)22)17-8-11-6-4-5-10(2)7-11/h4-7,9H,3,8H2,1-2H3,(H2,17,18,19,20). The lowest BCUT2D eigenvalue weighted by Gasteiger charge is -2.03. The molecule has 2 N–H and O–H groups in total. The number of aryl methyl sites for hydroxylation is 1. The van der Waals surface area contributed by atoms with E-state index in [0.717, 1.165) is 15.6 Å². The van der Waals surface area contributed by atoms with Crippen molar-refractivity contribution in [1.29, 1.82) is 0 Å². The van der Waals surface area contributed by atoms with Gasteiger partial charge >= 0.3 is 5.97 Å². The van der Waals surface area contributed by atoms with Crippen molar-refractivity contribution in [2.75, 3.05) is 11.9 Å². The number of nitrogens with zero attached hydrogens (tertiary/aromatic N) is 3. The van der Waals surface area contributed by atoms with Gasteiger partial charge in [0.1, 0.15) is 5.56 Å². The molecular formula is C16H17N5O3. The third-order valence-corrected chi connectivity index (χ3v) is 3.41. The summed E-state index contributed by atoms with van der Waals surface area (Å²) in [5.41, 5.74) is 1.57. The van der Waals surface area contributed by atoms with Crippen molar-refractivity contribution in [2.45, 2.75) is 20.4 Å². The molecule has 0 aliphatic rings. The van der Waals surface area contributed by atoms with Crippen molar-refractivity contribution in [3.63, 3.8) is 0 Å². The summed E-state index contributed by atoms with van der Waals surface area (Å²) in [6.45, 7) is 4.42. The minimum Gasteiger partial charge on any atom is -0.462 e. The number of rotatable bonds is 5. The Bertz CT molecular complexity index is 944. The van der Waals surface area contributed by atoms with E-state index in [2.05, 4.69) is 26.4 Å². The number of benzene rings is 1. The fraction of sp³-hybridized carbons (Fsp3) is 0.250. The molecule has 3 aromatic rings. The first kappa shape index (κ1) is 15.7. The van der Waals surface area contributed by atoms with E-state index in [9.17, 15) is 9.59 Å². The molecule has 0 bridgehead atoms. The van der Waals surface area contributed by atoms with E-state index in [-0.39, 0.29) is 17.9 Å². The monoisotopic (exact) mass is 327 g/mol. The molecule has 1 aromatic carbocycles. The minimum absolute atomic E-state index is 0.136. The molecule has 8 nitrogen and oxygen atoms in total. The Balaban J connectivity index is 1.84. The molecule has 8 heteroatoms. The normalized spacial score (nSPS) is 10.8. The number of carbonyl (C=O) groups excluding carboxylic acids is 1. The number of nitrogens with one attached hydrogen (secondary N) is 2. The van der Waals surface area contributed by atoms with Gasteiger partial charge in [0.25, 0.3) is 11.3 Å². The van der Waals surface area contributed by atoms with Crippen molar-refractivity contribution in [1.82, 2.24) is 19.6 Å². The lowest BCUT2D eigenvalue weighted by Crippen LogP contribution is -2.24. The zero-order valence-corrected chi connectivity index (χ0v) is 13.4. The van der Waals surface area contributed by atoms with E-state index in [1.165, 1.54) is 6.20 Å². The fourth-order valence-corrected chi connectivity index (χ4v) is 2.29. The topological polar surface area (TPSA) is 101 Å². The summed E-state index contributed by atoms with van der Waals surface area (Å²) in [4.78, 5) is 32.2. The quantitative estimate of drug-likeness (QED) is 0.689. The molecule has 24 heavy (non-hydrogen) atoms. The third-order valence-electron chi connectivity index (χ3n) is 3.41. The van der Waals surface area contributed by atoms with Crippen LogP contribution in [0.4, 0.5) is 5.95 Å². The van der Waals surface area contributed by atoms with Gasteiger partial charge in [-0.3, -0.25) is 9.89 Å². The van der Waals surface area contributed by atoms with Gasteiger partial charge in [0, 0.05) is 6.54 Å². The zero-order chi connectivity index (χ0) is 17.1. The number of H-pyrrole nitrogens is 1. The van der Waals surface area contributed by atoms with Gasteiger partial charge in [-0.15, -0.1) is 0 Å². The SMILES string of the molecule is CCOC(=O)c1cnc2nc(NCc3cccc(C)c3)[nH]n2c1=O. The average Bonchev–Trinajstić information content (AvgIpc) is 2.98. The lowest BCUT2D eigenvalue weighted by atomic mass is 10.1. The van der Waals surface area contributed by atoms with Gasteiger partial charge in [0.2, 0.25) is 5.95 Å². The van der Waals surface area contributed by atoms with Crippen molar-refractivity contribution in [3.05, 3.63) is 57.5 Å². The van der Waals surface area contributed by atoms with Gasteiger partial charge in [-0.2, -0.15) is 9.50 Å². The molecule has 0 fully saturated rings. The number of esters is 1. The smallest absolute Gasteiger partial charge is 0.345 e. The van der Waals surface area contributed by atoms with Crippen molar-refractivity contribution in [3.8, 4) is 0 Å². The highest BCUT2D eigenvalue weighted by atomic mass is 16.5. The lowest BCUT2D eigenvalue weighted by molar-refractivity contribution is 0.0523. The Labute approximate surface area is 137 Å². The number of ether oxygens (including phenoxy) is 1. The summed E-state index contributed by atoms with van der Waals surface area (Å²) in [5, 5.41) is 5.89. The molecule has 0 unspecified atom stereocenters. The van der Waals surface area contributed by atoms with Gasteiger partial charge in [-0.25, -0.2) is 9.78 Å². The van der Waals surface area contributed by atoms with Gasteiger partial charge in [0.05, 0.1) is 12.8 Å². The van der Waals surface area contributed by atoms with Crippen LogP contribution in [-0.4, -0.2) is 32.2 Å². The third kappa shape index (κ3) is 3.12. The number of carbonyl (C=O) groups is 1. The summed E-state index contributed by atoms with van der Waals surface area (Å²) in [6, 6.07) is 8.04. The average molecular weight is 327 g/mol. The molecule has 0 saturated carbocycles. The number of hydrogen-bond acceptors (Lipinski definition) is 6.